The summed E-state index contributed by atoms with van der Waals surface area (Å²) in [4.78, 5) is 74.3. The number of hydrogen-bond donors (Lipinski definition) is 6. The summed E-state index contributed by atoms with van der Waals surface area (Å²) in [7, 11) is -3.72. The van der Waals surface area contributed by atoms with Crippen molar-refractivity contribution >= 4 is 73.8 Å². The SMILES string of the molecule is Cc1cnc(Nc2ccc(N3CCN(C(=O)CCCCCCCCCC(=O)NC(C(=O)N4C[C@H](O)C[C@H]4C(=O)NCc4ccc(-c5scnc5C)cc4)C(C)(C)C)CC3)cc2)nc1Nc1cccc(S(=O)(=O)NC(C)(C)C)c1. The number of nitrogens with one attached hydrogen (secondary N) is 5. The fourth-order valence-electron chi connectivity index (χ4n) is 9.68. The van der Waals surface area contributed by atoms with E-state index in [1.54, 1.807) is 62.6 Å². The van der Waals surface area contributed by atoms with Gasteiger partial charge >= 0.3 is 0 Å². The summed E-state index contributed by atoms with van der Waals surface area (Å²) in [5, 5.41) is 23.1. The minimum absolute atomic E-state index is 0.0225. The van der Waals surface area contributed by atoms with Crippen LogP contribution in [-0.4, -0.2) is 118 Å². The lowest BCUT2D eigenvalue weighted by Crippen LogP contribution is -2.57. The normalized spacial score (nSPS) is 16.4. The number of carbonyl (C=O) groups excluding carboxylic acids is 4. The molecule has 7 rings (SSSR count). The van der Waals surface area contributed by atoms with Gasteiger partial charge in [0.15, 0.2) is 0 Å². The second-order valence-electron chi connectivity index (χ2n) is 22.7. The van der Waals surface area contributed by atoms with Gasteiger partial charge in [0.05, 0.1) is 27.1 Å². The molecule has 78 heavy (non-hydrogen) atoms. The van der Waals surface area contributed by atoms with Crippen LogP contribution in [-0.2, 0) is 35.7 Å². The Labute approximate surface area is 464 Å². The Bertz CT molecular complexity index is 2950. The van der Waals surface area contributed by atoms with Crippen LogP contribution in [0.1, 0.15) is 123 Å². The summed E-state index contributed by atoms with van der Waals surface area (Å²) in [6.45, 7) is 18.0. The number of amides is 4. The van der Waals surface area contributed by atoms with E-state index in [4.69, 9.17) is 0 Å². The van der Waals surface area contributed by atoms with E-state index in [1.807, 2.05) is 93.6 Å². The molecule has 2 fully saturated rings. The standard InChI is InChI=1S/C58H79N11O7S2/c1-39-35-60-56(65-53(39)62-44-17-16-18-47(33-44)78(75,76)66-58(6,7)8)63-43-25-27-45(28-26-43)67-29-31-68(32-30-67)50(72)20-15-13-11-9-10-12-14-19-49(71)64-52(57(3,4)5)55(74)69-37-46(70)34-48(69)54(73)59-36-41-21-23-42(24-22-41)51-40(2)61-38-77-51/h16-18,21-28,33,35,38,46,48,52,66,70H,9-15,19-20,29-32,34,36-37H2,1-8H3,(H,59,73)(H,64,71)(H2,60,62,63,65)/t46-,48+,52?/m1/s1. The quantitative estimate of drug-likeness (QED) is 0.0337. The third-order valence-electron chi connectivity index (χ3n) is 13.9. The summed E-state index contributed by atoms with van der Waals surface area (Å²) >= 11 is 1.58. The molecule has 4 amide bonds. The van der Waals surface area contributed by atoms with Crippen LogP contribution in [0.15, 0.2) is 89.4 Å². The molecule has 0 radical (unpaired) electrons. The van der Waals surface area contributed by atoms with Gasteiger partial charge in [-0.25, -0.2) is 23.1 Å². The maximum Gasteiger partial charge on any atom is 0.246 e. The predicted octanol–water partition coefficient (Wildman–Crippen LogP) is 8.75. The van der Waals surface area contributed by atoms with Crippen LogP contribution in [0.5, 0.6) is 0 Å². The highest BCUT2D eigenvalue weighted by Gasteiger charge is 2.44. The van der Waals surface area contributed by atoms with Gasteiger partial charge in [0.1, 0.15) is 17.9 Å². The zero-order valence-electron chi connectivity index (χ0n) is 46.5. The number of rotatable bonds is 23. The molecule has 1 unspecified atom stereocenters. The number of hydrogen-bond acceptors (Lipinski definition) is 14. The zero-order chi connectivity index (χ0) is 56.2. The summed E-state index contributed by atoms with van der Waals surface area (Å²) in [5.74, 6) is 0.200. The van der Waals surface area contributed by atoms with Crippen molar-refractivity contribution in [1.29, 1.82) is 0 Å². The van der Waals surface area contributed by atoms with Crippen molar-refractivity contribution in [3.05, 3.63) is 101 Å². The highest BCUT2D eigenvalue weighted by molar-refractivity contribution is 7.89. The van der Waals surface area contributed by atoms with Gasteiger partial charge in [-0.15, -0.1) is 11.3 Å². The van der Waals surface area contributed by atoms with Crippen LogP contribution in [0.2, 0.25) is 0 Å². The number of thiazole rings is 1. The lowest BCUT2D eigenvalue weighted by atomic mass is 9.85. The van der Waals surface area contributed by atoms with E-state index in [0.29, 0.717) is 43.4 Å². The maximum absolute atomic E-state index is 14.1. The maximum atomic E-state index is 14.1. The van der Waals surface area contributed by atoms with E-state index >= 15 is 0 Å². The number of unbranched alkanes of at least 4 members (excludes halogenated alkanes) is 6. The van der Waals surface area contributed by atoms with Gasteiger partial charge in [0, 0.05) is 92.9 Å². The van der Waals surface area contributed by atoms with Gasteiger partial charge in [-0.1, -0.05) is 83.2 Å². The number of aromatic nitrogens is 3. The highest BCUT2D eigenvalue weighted by atomic mass is 32.2. The van der Waals surface area contributed by atoms with E-state index < -0.39 is 39.2 Å². The molecule has 18 nitrogen and oxygen atoms in total. The Kier molecular flexibility index (Phi) is 20.1. The number of piperazine rings is 1. The summed E-state index contributed by atoms with van der Waals surface area (Å²) in [6.07, 6.45) is 8.18. The minimum atomic E-state index is -3.72. The van der Waals surface area contributed by atoms with Crippen LogP contribution in [0.3, 0.4) is 0 Å². The number of aliphatic hydroxyl groups is 1. The van der Waals surface area contributed by atoms with Crippen molar-refractivity contribution in [2.24, 2.45) is 5.41 Å². The lowest BCUT2D eigenvalue weighted by molar-refractivity contribution is -0.144. The number of sulfonamides is 1. The smallest absolute Gasteiger partial charge is 0.246 e. The third-order valence-corrected chi connectivity index (χ3v) is 16.7. The minimum Gasteiger partial charge on any atom is -0.391 e. The van der Waals surface area contributed by atoms with Gasteiger partial charge in [-0.2, -0.15) is 4.98 Å². The Morgan fingerprint density at radius 2 is 1.46 bits per heavy atom. The van der Waals surface area contributed by atoms with E-state index in [1.165, 1.54) is 4.90 Å². The molecule has 3 aromatic carbocycles. The van der Waals surface area contributed by atoms with Gasteiger partial charge in [0.2, 0.25) is 39.6 Å². The molecule has 5 aromatic rings. The van der Waals surface area contributed by atoms with Crippen molar-refractivity contribution in [3.8, 4) is 10.4 Å². The Hall–Kier alpha value is -6.48. The molecule has 0 aliphatic carbocycles. The second-order valence-corrected chi connectivity index (χ2v) is 25.2. The van der Waals surface area contributed by atoms with E-state index in [-0.39, 0.29) is 54.5 Å². The fraction of sp³-hybridized carbons (Fsp3) is 0.500. The molecule has 3 atom stereocenters. The number of nitrogens with zero attached hydrogens (tertiary/aromatic N) is 6. The van der Waals surface area contributed by atoms with Gasteiger partial charge < -0.3 is 41.1 Å². The van der Waals surface area contributed by atoms with Crippen LogP contribution < -0.4 is 30.9 Å². The van der Waals surface area contributed by atoms with Crippen LogP contribution in [0.25, 0.3) is 10.4 Å². The number of benzene rings is 3. The second kappa shape index (κ2) is 26.4. The predicted molar refractivity (Wildman–Crippen MR) is 308 cm³/mol. The lowest BCUT2D eigenvalue weighted by Gasteiger charge is -2.36. The zero-order valence-corrected chi connectivity index (χ0v) is 48.2. The summed E-state index contributed by atoms with van der Waals surface area (Å²) in [6, 6.07) is 20.8. The number of carbonyl (C=O) groups is 4. The summed E-state index contributed by atoms with van der Waals surface area (Å²) in [5.41, 5.74) is 6.75. The van der Waals surface area contributed by atoms with Crippen molar-refractivity contribution in [3.63, 3.8) is 0 Å². The first-order valence-corrected chi connectivity index (χ1v) is 29.6. The van der Waals surface area contributed by atoms with E-state index in [0.717, 1.165) is 90.3 Å². The number of aliphatic hydroxyl groups excluding tert-OH is 1. The molecule has 2 saturated heterocycles. The molecule has 2 aromatic heterocycles. The molecular weight excluding hydrogens is 1030 g/mol. The first kappa shape index (κ1) is 59.2. The summed E-state index contributed by atoms with van der Waals surface area (Å²) < 4.78 is 28.6. The highest BCUT2D eigenvalue weighted by Crippen LogP contribution is 2.30. The average Bonchev–Trinajstić information content (AvgIpc) is 4.02. The first-order valence-electron chi connectivity index (χ1n) is 27.2. The molecule has 2 aliphatic heterocycles. The molecule has 0 saturated carbocycles. The Morgan fingerprint density at radius 1 is 0.795 bits per heavy atom. The van der Waals surface area contributed by atoms with E-state index in [2.05, 4.69) is 45.8 Å². The van der Waals surface area contributed by atoms with Crippen molar-refractivity contribution in [2.75, 3.05) is 48.3 Å². The molecule has 0 spiro atoms. The number of likely N-dealkylation sites (tertiary alicyclic amines) is 1. The number of anilines is 5. The largest absolute Gasteiger partial charge is 0.391 e. The Balaban J connectivity index is 0.757. The molecular formula is C58H79N11O7S2. The third kappa shape index (κ3) is 16.8. The van der Waals surface area contributed by atoms with Gasteiger partial charge in [0.25, 0.3) is 0 Å². The van der Waals surface area contributed by atoms with Gasteiger partial charge in [-0.05, 0) is 106 Å². The number of aryl methyl sites for hydroxylation is 2. The Morgan fingerprint density at radius 3 is 2.10 bits per heavy atom. The van der Waals surface area contributed by atoms with Crippen LogP contribution in [0.4, 0.5) is 28.8 Å². The van der Waals surface area contributed by atoms with Crippen molar-refractivity contribution in [1.82, 2.24) is 40.1 Å². The molecule has 2 aliphatic rings. The molecule has 6 N–H and O–H groups in total. The molecule has 420 valence electrons. The fourth-order valence-corrected chi connectivity index (χ4v) is 12.0. The number of β-amino-alcohol motifs (C(OH)–C–C–N with tert-alkyl or cyclic N) is 1. The van der Waals surface area contributed by atoms with Crippen LogP contribution >= 0.6 is 11.3 Å². The van der Waals surface area contributed by atoms with Crippen LogP contribution in [0, 0.1) is 19.3 Å². The van der Waals surface area contributed by atoms with E-state index in [9.17, 15) is 32.7 Å². The molecule has 0 bridgehead atoms. The first-order chi connectivity index (χ1) is 37.0. The molecule has 4 heterocycles. The van der Waals surface area contributed by atoms with Crippen molar-refractivity contribution in [2.45, 2.75) is 155 Å². The monoisotopic (exact) mass is 1110 g/mol. The topological polar surface area (TPSA) is 231 Å². The average molecular weight is 1110 g/mol. The molecule has 20 heteroatoms. The van der Waals surface area contributed by atoms with Crippen molar-refractivity contribution < 1.29 is 32.7 Å². The van der Waals surface area contributed by atoms with Gasteiger partial charge in [-0.3, -0.25) is 19.2 Å².